The molecule has 0 aromatic carbocycles. The smallest absolute Gasteiger partial charge is 0.344 e. The van der Waals surface area contributed by atoms with Gasteiger partial charge >= 0.3 is 5.97 Å². The van der Waals surface area contributed by atoms with Gasteiger partial charge in [-0.1, -0.05) is 26.9 Å². The van der Waals surface area contributed by atoms with Crippen molar-refractivity contribution in [2.24, 2.45) is 0 Å². The largest absolute Gasteiger partial charge is 0.410 e. The molecule has 0 radical (unpaired) electrons. The molecule has 118 valence electrons. The molecular formula is C3H7ClF6N4O5. The van der Waals surface area contributed by atoms with E-state index < -0.39 is 45.5 Å². The fraction of sp³-hybridized carbons (Fsp3) is 1.00. The summed E-state index contributed by atoms with van der Waals surface area (Å²) < 4.78 is 108. The van der Waals surface area contributed by atoms with Gasteiger partial charge in [0, 0.05) is 0 Å². The van der Waals surface area contributed by atoms with Crippen LogP contribution in [-0.4, -0.2) is 35.2 Å². The molecule has 0 aromatic rings. The minimum Gasteiger partial charge on any atom is -0.344 e. The molecule has 0 aromatic heterocycles. The molecule has 0 unspecified atom stereocenters. The van der Waals surface area contributed by atoms with Crippen molar-refractivity contribution in [2.75, 3.05) is 13.2 Å². The summed E-state index contributed by atoms with van der Waals surface area (Å²) in [7, 11) is -4.97. The van der Waals surface area contributed by atoms with Gasteiger partial charge in [0.05, 0.1) is 37.2 Å². The summed E-state index contributed by atoms with van der Waals surface area (Å²) in [5.41, 5.74) is 0. The highest BCUT2D eigenvalue weighted by Crippen LogP contribution is 2.30. The monoisotopic (exact) mass is 328 g/mol. The van der Waals surface area contributed by atoms with Crippen LogP contribution >= 0.6 is 0 Å². The number of hydrogen-bond donors (Lipinski definition) is 1. The van der Waals surface area contributed by atoms with Crippen LogP contribution in [0.4, 0.5) is 26.9 Å². The van der Waals surface area contributed by atoms with E-state index in [9.17, 15) is 40.9 Å². The first kappa shape index (κ1) is 20.8. The molecule has 0 aliphatic heterocycles. The van der Waals surface area contributed by atoms with Crippen molar-refractivity contribution in [1.82, 2.24) is 22.2 Å². The normalized spacial score (nSPS) is 13.3. The van der Waals surface area contributed by atoms with Crippen LogP contribution in [0, 0.1) is 10.2 Å². The van der Waals surface area contributed by atoms with Crippen LogP contribution in [0.3, 0.4) is 0 Å². The quantitative estimate of drug-likeness (QED) is 0.230. The van der Waals surface area contributed by atoms with Crippen molar-refractivity contribution in [3.05, 3.63) is 0 Å². The third-order valence-corrected chi connectivity index (χ3v) is 1.67. The van der Waals surface area contributed by atoms with Crippen LogP contribution in [0.15, 0.2) is 0 Å². The Bertz CT molecular complexity index is 234. The first-order chi connectivity index (χ1) is 8.04. The third-order valence-electron chi connectivity index (χ3n) is 1.25. The third kappa shape index (κ3) is 5.99. The number of hydrogen-bond acceptors (Lipinski definition) is 9. The highest BCUT2D eigenvalue weighted by molar-refractivity contribution is 4.55. The number of rotatable bonds is 8. The van der Waals surface area contributed by atoms with Crippen LogP contribution in [0.25, 0.3) is 0 Å². The summed E-state index contributed by atoms with van der Waals surface area (Å²) in [6.07, 6.45) is 0. The first-order valence-corrected chi connectivity index (χ1v) is 4.82. The van der Waals surface area contributed by atoms with Gasteiger partial charge in [0.1, 0.15) is 0 Å². The average molecular weight is 329 g/mol. The van der Waals surface area contributed by atoms with Crippen LogP contribution in [0.1, 0.15) is 0 Å². The second-order valence-electron chi connectivity index (χ2n) is 2.31. The summed E-state index contributed by atoms with van der Waals surface area (Å²) in [6, 6.07) is 0. The highest BCUT2D eigenvalue weighted by Gasteiger charge is 2.58. The maximum absolute atomic E-state index is 12.0. The number of halogens is 7. The maximum Gasteiger partial charge on any atom is 0.410 e. The zero-order chi connectivity index (χ0) is 14.6. The van der Waals surface area contributed by atoms with Crippen LogP contribution in [0.5, 0.6) is 0 Å². The standard InChI is InChI=1S/C3H4ClF6N3O5.H3N/c5-11(6)3(12(7)8,13(9)10)17-1-2-18-4(14,15)16;/h1-2H2;1H3. The maximum atomic E-state index is 12.0. The highest BCUT2D eigenvalue weighted by atomic mass is 35.7. The summed E-state index contributed by atoms with van der Waals surface area (Å²) >= 11 is 0. The first-order valence-electron chi connectivity index (χ1n) is 3.58. The predicted octanol–water partition coefficient (Wildman–Crippen LogP) is -2.10. The lowest BCUT2D eigenvalue weighted by Gasteiger charge is -2.30. The van der Waals surface area contributed by atoms with E-state index in [1.165, 1.54) is 0 Å². The lowest BCUT2D eigenvalue weighted by atomic mass is 10.7. The van der Waals surface area contributed by atoms with Gasteiger partial charge in [-0.2, -0.15) is 14.0 Å². The molecule has 0 atom stereocenters. The predicted molar refractivity (Wildman–Crippen MR) is 31.8 cm³/mol. The van der Waals surface area contributed by atoms with E-state index in [0.29, 0.717) is 0 Å². The van der Waals surface area contributed by atoms with Crippen molar-refractivity contribution in [3.63, 3.8) is 0 Å². The van der Waals surface area contributed by atoms with Crippen molar-refractivity contribution in [3.8, 4) is 0 Å². The fourth-order valence-corrected chi connectivity index (χ4v) is 0.874. The minimum absolute atomic E-state index is 0. The lowest BCUT2D eigenvalue weighted by molar-refractivity contribution is -1.92. The van der Waals surface area contributed by atoms with Crippen molar-refractivity contribution in [2.45, 2.75) is 5.97 Å². The molecule has 0 saturated carbocycles. The topological polar surface area (TPSA) is 132 Å². The van der Waals surface area contributed by atoms with Gasteiger partial charge in [0.25, 0.3) is 0 Å². The molecule has 0 aliphatic carbocycles. The Labute approximate surface area is 103 Å². The fourth-order valence-electron chi connectivity index (χ4n) is 0.622. The van der Waals surface area contributed by atoms with Crippen LogP contribution < -0.4 is 20.1 Å². The van der Waals surface area contributed by atoms with Gasteiger partial charge in [0.15, 0.2) is 0 Å². The van der Waals surface area contributed by atoms with E-state index in [4.69, 9.17) is 0 Å². The Balaban J connectivity index is 0. The SMILES string of the molecule is N.[O-][Cl+3]([O-])([O-])OCCOC(N(F)F)(N(F)F)N(F)F. The summed E-state index contributed by atoms with van der Waals surface area (Å²) in [4.78, 5) is 0. The Morgan fingerprint density at radius 3 is 1.47 bits per heavy atom. The van der Waals surface area contributed by atoms with Gasteiger partial charge in [-0.3, -0.25) is 0 Å². The summed E-state index contributed by atoms with van der Waals surface area (Å²) in [6.45, 7) is -2.81. The van der Waals surface area contributed by atoms with Crippen molar-refractivity contribution in [1.29, 1.82) is 0 Å². The summed E-state index contributed by atoms with van der Waals surface area (Å²) in [5, 5.41) is -8.05. The molecule has 19 heavy (non-hydrogen) atoms. The van der Waals surface area contributed by atoms with Crippen molar-refractivity contribution < 1.29 is 60.1 Å². The van der Waals surface area contributed by atoms with Crippen LogP contribution in [0.2, 0.25) is 0 Å². The molecule has 9 nitrogen and oxygen atoms in total. The molecule has 0 saturated heterocycles. The van der Waals surface area contributed by atoms with Crippen molar-refractivity contribution >= 4 is 0 Å². The van der Waals surface area contributed by atoms with E-state index in [-0.39, 0.29) is 6.15 Å². The van der Waals surface area contributed by atoms with Gasteiger partial charge in [-0.15, -0.1) is 0 Å². The zero-order valence-electron chi connectivity index (χ0n) is 8.65. The minimum atomic E-state index is -4.97. The van der Waals surface area contributed by atoms with E-state index >= 15 is 0 Å². The Hall–Kier alpha value is -0.490. The van der Waals surface area contributed by atoms with Gasteiger partial charge in [-0.05, 0) is 0 Å². The van der Waals surface area contributed by atoms with Crippen LogP contribution in [-0.2, 0) is 9.03 Å². The molecule has 0 fully saturated rings. The van der Waals surface area contributed by atoms with Gasteiger partial charge < -0.3 is 10.9 Å². The van der Waals surface area contributed by atoms with E-state index in [1.807, 2.05) is 0 Å². The lowest BCUT2D eigenvalue weighted by Crippen LogP contribution is -2.62. The van der Waals surface area contributed by atoms with Gasteiger partial charge in [0.2, 0.25) is 6.61 Å². The molecule has 0 spiro atoms. The van der Waals surface area contributed by atoms with E-state index in [1.54, 1.807) is 0 Å². The van der Waals surface area contributed by atoms with Gasteiger partial charge in [-0.25, -0.2) is 0 Å². The zero-order valence-corrected chi connectivity index (χ0v) is 9.41. The second-order valence-corrected chi connectivity index (χ2v) is 3.29. The molecule has 16 heteroatoms. The molecular weight excluding hydrogens is 321 g/mol. The Morgan fingerprint density at radius 2 is 1.21 bits per heavy atom. The number of nitrogens with zero attached hydrogens (tertiary/aromatic N) is 3. The average Bonchev–Trinajstić information content (AvgIpc) is 2.13. The van der Waals surface area contributed by atoms with E-state index in [2.05, 4.69) is 9.03 Å². The molecule has 0 heterocycles. The molecule has 0 amide bonds. The molecule has 0 rings (SSSR count). The molecule has 3 N–H and O–H groups in total. The van der Waals surface area contributed by atoms with E-state index in [0.717, 1.165) is 0 Å². The Morgan fingerprint density at radius 1 is 0.842 bits per heavy atom. The summed E-state index contributed by atoms with van der Waals surface area (Å²) in [5.74, 6) is -4.85. The molecule has 0 aliphatic rings. The Kier molecular flexibility index (Phi) is 8.71. The molecule has 0 bridgehead atoms. The second kappa shape index (κ2) is 7.94. The number of ether oxygens (including phenoxy) is 1.